The molecule has 0 bridgehead atoms. The van der Waals surface area contributed by atoms with Crippen molar-refractivity contribution in [3.8, 4) is 5.75 Å². The summed E-state index contributed by atoms with van der Waals surface area (Å²) in [5.74, 6) is 0.228. The van der Waals surface area contributed by atoms with Gasteiger partial charge in [0, 0.05) is 38.2 Å². The first-order valence-corrected chi connectivity index (χ1v) is 8.27. The minimum atomic E-state index is 0.228. The zero-order valence-corrected chi connectivity index (χ0v) is 15.5. The fourth-order valence-corrected chi connectivity index (χ4v) is 3.05. The summed E-state index contributed by atoms with van der Waals surface area (Å²) in [6.07, 6.45) is 0.645. The molecule has 104 valence electrons. The number of hydrogen-bond acceptors (Lipinski definition) is 2. The zero-order valence-electron chi connectivity index (χ0n) is 10.7. The largest absolute Gasteiger partial charge is 0.507 e. The maximum Gasteiger partial charge on any atom is 0.125 e. The third-order valence-electron chi connectivity index (χ3n) is 2.91. The van der Waals surface area contributed by atoms with Gasteiger partial charge in [-0.25, -0.2) is 0 Å². The predicted octanol–water partition coefficient (Wildman–Crippen LogP) is 5.34. The molecule has 0 aliphatic rings. The van der Waals surface area contributed by atoms with Gasteiger partial charge in [0.1, 0.15) is 5.75 Å². The Morgan fingerprint density at radius 3 is 2.35 bits per heavy atom. The summed E-state index contributed by atoms with van der Waals surface area (Å²) in [5, 5.41) is 10.1. The van der Waals surface area contributed by atoms with Gasteiger partial charge in [-0.05, 0) is 42.0 Å². The minimum Gasteiger partial charge on any atom is -0.507 e. The van der Waals surface area contributed by atoms with Gasteiger partial charge < -0.3 is 5.11 Å². The van der Waals surface area contributed by atoms with Crippen LogP contribution in [0.4, 0.5) is 0 Å². The zero-order chi connectivity index (χ0) is 14.7. The number of benzene rings is 2. The van der Waals surface area contributed by atoms with Crippen LogP contribution in [0.3, 0.4) is 0 Å². The van der Waals surface area contributed by atoms with Gasteiger partial charge in [-0.1, -0.05) is 47.8 Å². The summed E-state index contributed by atoms with van der Waals surface area (Å²) >= 11 is 10.4. The number of phenolic OH excluding ortho intramolecular Hbond substituents is 1. The van der Waals surface area contributed by atoms with Crippen LogP contribution >= 0.6 is 47.8 Å². The summed E-state index contributed by atoms with van der Waals surface area (Å²) in [4.78, 5) is 4.32. The van der Waals surface area contributed by atoms with E-state index in [9.17, 15) is 5.11 Å². The third kappa shape index (κ3) is 3.71. The van der Waals surface area contributed by atoms with Gasteiger partial charge in [-0.15, -0.1) is 0 Å². The van der Waals surface area contributed by atoms with E-state index in [-0.39, 0.29) is 5.75 Å². The fourth-order valence-electron chi connectivity index (χ4n) is 1.90. The van der Waals surface area contributed by atoms with Crippen LogP contribution in [0, 0.1) is 0 Å². The highest BCUT2D eigenvalue weighted by Gasteiger charge is 2.12. The second kappa shape index (κ2) is 6.87. The first kappa shape index (κ1) is 15.7. The molecule has 2 rings (SSSR count). The molecule has 0 amide bonds. The van der Waals surface area contributed by atoms with Crippen LogP contribution < -0.4 is 0 Å². The quantitative estimate of drug-likeness (QED) is 0.615. The molecular weight excluding hydrogens is 450 g/mol. The molecule has 0 heterocycles. The highest BCUT2D eigenvalue weighted by molar-refractivity contribution is 9.11. The molecular formula is C15H12Br3NO. The SMILES string of the molecule is CN=C(Cc1cc(Br)ccc1Br)c1ccc(Br)cc1O. The van der Waals surface area contributed by atoms with E-state index >= 15 is 0 Å². The Kier molecular flexibility index (Phi) is 5.41. The Bertz CT molecular complexity index is 668. The van der Waals surface area contributed by atoms with Crippen molar-refractivity contribution in [3.05, 3.63) is 60.9 Å². The lowest BCUT2D eigenvalue weighted by molar-refractivity contribution is 0.473. The molecule has 0 aromatic heterocycles. The topological polar surface area (TPSA) is 32.6 Å². The molecule has 0 spiro atoms. The van der Waals surface area contributed by atoms with E-state index in [1.807, 2.05) is 30.3 Å². The molecule has 1 N–H and O–H groups in total. The van der Waals surface area contributed by atoms with Crippen LogP contribution in [-0.4, -0.2) is 17.9 Å². The number of nitrogens with zero attached hydrogens (tertiary/aromatic N) is 1. The van der Waals surface area contributed by atoms with E-state index in [0.29, 0.717) is 6.42 Å². The number of aromatic hydroxyl groups is 1. The summed E-state index contributed by atoms with van der Waals surface area (Å²) < 4.78 is 2.89. The molecule has 0 saturated heterocycles. The molecule has 0 aliphatic carbocycles. The summed E-state index contributed by atoms with van der Waals surface area (Å²) in [6.45, 7) is 0. The van der Waals surface area contributed by atoms with Crippen LogP contribution in [0.15, 0.2) is 54.8 Å². The molecule has 20 heavy (non-hydrogen) atoms. The van der Waals surface area contributed by atoms with E-state index in [4.69, 9.17) is 0 Å². The van der Waals surface area contributed by atoms with Crippen LogP contribution in [0.2, 0.25) is 0 Å². The van der Waals surface area contributed by atoms with Crippen LogP contribution in [0.5, 0.6) is 5.75 Å². The van der Waals surface area contributed by atoms with Crippen LogP contribution in [0.25, 0.3) is 0 Å². The van der Waals surface area contributed by atoms with E-state index in [1.54, 1.807) is 13.1 Å². The van der Waals surface area contributed by atoms with Crippen molar-refractivity contribution in [2.45, 2.75) is 6.42 Å². The average Bonchev–Trinajstić information content (AvgIpc) is 2.40. The van der Waals surface area contributed by atoms with E-state index in [2.05, 4.69) is 52.8 Å². The van der Waals surface area contributed by atoms with E-state index in [1.165, 1.54) is 0 Å². The molecule has 0 saturated carbocycles. The average molecular weight is 462 g/mol. The standard InChI is InChI=1S/C15H12Br3NO/c1-19-14(12-4-2-11(17)8-15(12)20)7-9-6-10(16)3-5-13(9)18/h2-6,8,20H,7H2,1H3. The number of halogens is 3. The van der Waals surface area contributed by atoms with Crippen molar-refractivity contribution in [3.63, 3.8) is 0 Å². The number of aliphatic imine (C=N–C) groups is 1. The monoisotopic (exact) mass is 459 g/mol. The predicted molar refractivity (Wildman–Crippen MR) is 93.8 cm³/mol. The van der Waals surface area contributed by atoms with Crippen molar-refractivity contribution < 1.29 is 5.11 Å². The van der Waals surface area contributed by atoms with Gasteiger partial charge in [0.2, 0.25) is 0 Å². The Balaban J connectivity index is 2.37. The van der Waals surface area contributed by atoms with E-state index < -0.39 is 0 Å². The molecule has 2 aromatic rings. The molecule has 0 unspecified atom stereocenters. The Morgan fingerprint density at radius 1 is 1.05 bits per heavy atom. The highest BCUT2D eigenvalue weighted by Crippen LogP contribution is 2.27. The second-order valence-electron chi connectivity index (χ2n) is 4.24. The molecule has 0 radical (unpaired) electrons. The van der Waals surface area contributed by atoms with Crippen LogP contribution in [0.1, 0.15) is 11.1 Å². The van der Waals surface area contributed by atoms with Crippen molar-refractivity contribution in [1.29, 1.82) is 0 Å². The Labute approximate surface area is 143 Å². The Hall–Kier alpha value is -0.650. The Morgan fingerprint density at radius 2 is 1.70 bits per heavy atom. The van der Waals surface area contributed by atoms with Gasteiger partial charge in [-0.3, -0.25) is 4.99 Å². The van der Waals surface area contributed by atoms with Gasteiger partial charge in [0.25, 0.3) is 0 Å². The third-order valence-corrected chi connectivity index (χ3v) is 4.67. The van der Waals surface area contributed by atoms with Gasteiger partial charge >= 0.3 is 0 Å². The first-order valence-electron chi connectivity index (χ1n) is 5.89. The minimum absolute atomic E-state index is 0.228. The lowest BCUT2D eigenvalue weighted by Gasteiger charge is -2.10. The maximum absolute atomic E-state index is 10.1. The molecule has 2 nitrogen and oxygen atoms in total. The summed E-state index contributed by atoms with van der Waals surface area (Å²) in [7, 11) is 1.74. The van der Waals surface area contributed by atoms with Gasteiger partial charge in [-0.2, -0.15) is 0 Å². The normalized spacial score (nSPS) is 11.7. The molecule has 2 aromatic carbocycles. The van der Waals surface area contributed by atoms with Crippen molar-refractivity contribution in [1.82, 2.24) is 0 Å². The smallest absolute Gasteiger partial charge is 0.125 e. The lowest BCUT2D eigenvalue weighted by atomic mass is 10.0. The number of rotatable bonds is 3. The molecule has 0 fully saturated rings. The van der Waals surface area contributed by atoms with Crippen molar-refractivity contribution >= 4 is 53.5 Å². The van der Waals surface area contributed by atoms with Gasteiger partial charge in [0.05, 0.1) is 0 Å². The molecule has 0 atom stereocenters. The van der Waals surface area contributed by atoms with Crippen molar-refractivity contribution in [2.75, 3.05) is 7.05 Å². The maximum atomic E-state index is 10.1. The highest BCUT2D eigenvalue weighted by atomic mass is 79.9. The van der Waals surface area contributed by atoms with Crippen LogP contribution in [-0.2, 0) is 6.42 Å². The number of hydrogen-bond donors (Lipinski definition) is 1. The van der Waals surface area contributed by atoms with Crippen molar-refractivity contribution in [2.24, 2.45) is 4.99 Å². The van der Waals surface area contributed by atoms with Gasteiger partial charge in [0.15, 0.2) is 0 Å². The summed E-state index contributed by atoms with van der Waals surface area (Å²) in [6, 6.07) is 11.5. The fraction of sp³-hybridized carbons (Fsp3) is 0.133. The number of phenols is 1. The summed E-state index contributed by atoms with van der Waals surface area (Å²) in [5.41, 5.74) is 2.71. The van der Waals surface area contributed by atoms with E-state index in [0.717, 1.165) is 30.3 Å². The second-order valence-corrected chi connectivity index (χ2v) is 6.93. The first-order chi connectivity index (χ1) is 9.51. The lowest BCUT2D eigenvalue weighted by Crippen LogP contribution is -2.06. The molecule has 0 aliphatic heterocycles. The molecule has 5 heteroatoms.